The summed E-state index contributed by atoms with van der Waals surface area (Å²) in [5, 5.41) is 2.74. The van der Waals surface area contributed by atoms with Crippen LogP contribution in [0, 0.1) is 5.92 Å². The minimum Gasteiger partial charge on any atom is -0.447 e. The first kappa shape index (κ1) is 29.6. The third-order valence-electron chi connectivity index (χ3n) is 7.17. The number of rotatable bonds is 21. The maximum atomic E-state index is 11.9. The van der Waals surface area contributed by atoms with Crippen LogP contribution in [0.4, 0.5) is 4.79 Å². The van der Waals surface area contributed by atoms with Crippen LogP contribution in [0.15, 0.2) is 24.4 Å². The van der Waals surface area contributed by atoms with Gasteiger partial charge in [0.2, 0.25) is 0 Å². The highest BCUT2D eigenvalue weighted by molar-refractivity contribution is 5.67. The Morgan fingerprint density at radius 3 is 2.09 bits per heavy atom. The first-order valence-electron chi connectivity index (χ1n) is 14.7. The van der Waals surface area contributed by atoms with Crippen LogP contribution < -0.4 is 5.32 Å². The third kappa shape index (κ3) is 15.9. The molecule has 0 bridgehead atoms. The first-order valence-corrected chi connectivity index (χ1v) is 14.7. The number of nitrogens with zero attached hydrogens (tertiary/aromatic N) is 1. The molecule has 200 valence electrons. The van der Waals surface area contributed by atoms with E-state index < -0.39 is 6.09 Å². The molecule has 5 heteroatoms. The number of carbonyl (C=O) groups is 1. The molecule has 2 unspecified atom stereocenters. The average Bonchev–Trinajstić information content (AvgIpc) is 3.34. The van der Waals surface area contributed by atoms with Crippen molar-refractivity contribution in [3.05, 3.63) is 30.1 Å². The van der Waals surface area contributed by atoms with E-state index in [2.05, 4.69) is 17.2 Å². The number of hydrogen-bond donors (Lipinski definition) is 1. The summed E-state index contributed by atoms with van der Waals surface area (Å²) in [6, 6.07) is 5.64. The van der Waals surface area contributed by atoms with E-state index >= 15 is 0 Å². The minimum absolute atomic E-state index is 0.0432. The van der Waals surface area contributed by atoms with Gasteiger partial charge in [0.15, 0.2) is 0 Å². The van der Waals surface area contributed by atoms with Gasteiger partial charge in [0.1, 0.15) is 6.61 Å². The lowest BCUT2D eigenvalue weighted by Gasteiger charge is -2.11. The van der Waals surface area contributed by atoms with Crippen LogP contribution in [0.1, 0.15) is 128 Å². The molecule has 2 heterocycles. The highest BCUT2D eigenvalue weighted by Crippen LogP contribution is 2.25. The third-order valence-corrected chi connectivity index (χ3v) is 7.17. The number of carbonyl (C=O) groups excluding carboxylic acids is 1. The number of aromatic nitrogens is 1. The molecule has 2 atom stereocenters. The topological polar surface area (TPSA) is 60.5 Å². The second kappa shape index (κ2) is 20.6. The van der Waals surface area contributed by atoms with Gasteiger partial charge in [-0.3, -0.25) is 4.98 Å². The normalized spacial score (nSPS) is 17.5. The molecule has 0 radical (unpaired) electrons. The van der Waals surface area contributed by atoms with Crippen LogP contribution >= 0.6 is 0 Å². The number of hydrogen-bond acceptors (Lipinski definition) is 4. The Morgan fingerprint density at radius 2 is 1.51 bits per heavy atom. The molecule has 0 saturated carbocycles. The Hall–Kier alpha value is -1.62. The lowest BCUT2D eigenvalue weighted by Crippen LogP contribution is -2.27. The van der Waals surface area contributed by atoms with Crippen molar-refractivity contribution in [3.63, 3.8) is 0 Å². The monoisotopic (exact) mass is 488 g/mol. The second-order valence-corrected chi connectivity index (χ2v) is 10.4. The minimum atomic E-state index is -0.402. The molecule has 1 N–H and O–H groups in total. The van der Waals surface area contributed by atoms with E-state index in [0.29, 0.717) is 19.1 Å². The lowest BCUT2D eigenvalue weighted by atomic mass is 9.97. The van der Waals surface area contributed by atoms with Crippen LogP contribution in [0.25, 0.3) is 0 Å². The molecule has 1 aromatic rings. The molecule has 0 aliphatic carbocycles. The highest BCUT2D eigenvalue weighted by Gasteiger charge is 2.26. The predicted molar refractivity (Wildman–Crippen MR) is 144 cm³/mol. The van der Waals surface area contributed by atoms with E-state index in [1.54, 1.807) is 6.20 Å². The molecule has 5 nitrogen and oxygen atoms in total. The zero-order valence-electron chi connectivity index (χ0n) is 22.5. The van der Waals surface area contributed by atoms with Gasteiger partial charge in [-0.2, -0.15) is 0 Å². The van der Waals surface area contributed by atoms with Crippen LogP contribution in [0.2, 0.25) is 0 Å². The molecule has 2 rings (SSSR count). The lowest BCUT2D eigenvalue weighted by molar-refractivity contribution is 0.0424. The van der Waals surface area contributed by atoms with Crippen LogP contribution in [0.5, 0.6) is 0 Å². The van der Waals surface area contributed by atoms with Crippen LogP contribution in [-0.2, 0) is 16.0 Å². The summed E-state index contributed by atoms with van der Waals surface area (Å²) < 4.78 is 11.2. The molecule has 1 aromatic heterocycles. The van der Waals surface area contributed by atoms with Gasteiger partial charge >= 0.3 is 6.09 Å². The van der Waals surface area contributed by atoms with E-state index in [9.17, 15) is 4.79 Å². The quantitative estimate of drug-likeness (QED) is 0.177. The summed E-state index contributed by atoms with van der Waals surface area (Å²) in [6.45, 7) is 3.81. The van der Waals surface area contributed by atoms with Crippen molar-refractivity contribution in [2.75, 3.05) is 13.2 Å². The largest absolute Gasteiger partial charge is 0.447 e. The Labute approximate surface area is 215 Å². The average molecular weight is 489 g/mol. The van der Waals surface area contributed by atoms with Gasteiger partial charge in [-0.15, -0.1) is 0 Å². The number of alkyl carbamates (subject to hydrolysis) is 1. The van der Waals surface area contributed by atoms with E-state index in [0.717, 1.165) is 18.7 Å². The van der Waals surface area contributed by atoms with Gasteiger partial charge < -0.3 is 14.8 Å². The zero-order valence-corrected chi connectivity index (χ0v) is 22.5. The summed E-state index contributed by atoms with van der Waals surface area (Å²) in [5.74, 6) is 0.617. The Morgan fingerprint density at radius 1 is 0.914 bits per heavy atom. The smallest absolute Gasteiger partial charge is 0.407 e. The van der Waals surface area contributed by atoms with Crippen molar-refractivity contribution in [1.29, 1.82) is 0 Å². The summed E-state index contributed by atoms with van der Waals surface area (Å²) in [5.41, 5.74) is 0.820. The molecular formula is C30H52N2O3. The Bertz CT molecular complexity index is 625. The van der Waals surface area contributed by atoms with Gasteiger partial charge in [0, 0.05) is 6.20 Å². The number of nitrogens with one attached hydrogen (secondary N) is 1. The standard InChI is InChI=1S/C30H52N2O3/c1-2-3-4-5-6-7-8-9-10-11-12-13-14-15-16-17-20-27-23-29(34-25-27)26-35-30(33)32-24-28-21-18-19-22-31-28/h18-19,21-22,27,29H,2-17,20,23-26H2,1H3,(H,32,33). The Kier molecular flexibility index (Phi) is 17.4. The van der Waals surface area contributed by atoms with E-state index in [1.165, 1.54) is 109 Å². The predicted octanol–water partition coefficient (Wildman–Crippen LogP) is 8.36. The Balaban J connectivity index is 1.31. The fourth-order valence-corrected chi connectivity index (χ4v) is 4.96. The summed E-state index contributed by atoms with van der Waals surface area (Å²) >= 11 is 0. The molecule has 1 aliphatic rings. The van der Waals surface area contributed by atoms with Crippen molar-refractivity contribution in [2.24, 2.45) is 5.92 Å². The maximum absolute atomic E-state index is 11.9. The SMILES string of the molecule is CCCCCCCCCCCCCCCCCCC1COC(COC(=O)NCc2ccccn2)C1. The summed E-state index contributed by atoms with van der Waals surface area (Å²) in [7, 11) is 0. The van der Waals surface area contributed by atoms with Gasteiger partial charge in [0.05, 0.1) is 24.9 Å². The van der Waals surface area contributed by atoms with E-state index in [1.807, 2.05) is 18.2 Å². The molecule has 0 aromatic carbocycles. The summed E-state index contributed by atoms with van der Waals surface area (Å²) in [6.07, 6.45) is 26.1. The van der Waals surface area contributed by atoms with Gasteiger partial charge in [-0.25, -0.2) is 4.79 Å². The molecular weight excluding hydrogens is 436 g/mol. The molecule has 1 amide bonds. The van der Waals surface area contributed by atoms with Gasteiger partial charge in [0.25, 0.3) is 0 Å². The number of pyridine rings is 1. The van der Waals surface area contributed by atoms with Gasteiger partial charge in [-0.1, -0.05) is 116 Å². The van der Waals surface area contributed by atoms with Gasteiger partial charge in [-0.05, 0) is 30.9 Å². The first-order chi connectivity index (χ1) is 17.3. The molecule has 35 heavy (non-hydrogen) atoms. The highest BCUT2D eigenvalue weighted by atomic mass is 16.6. The van der Waals surface area contributed by atoms with Crippen molar-refractivity contribution < 1.29 is 14.3 Å². The fraction of sp³-hybridized carbons (Fsp3) is 0.800. The number of ether oxygens (including phenoxy) is 2. The number of amides is 1. The van der Waals surface area contributed by atoms with Crippen LogP contribution in [0.3, 0.4) is 0 Å². The molecule has 1 fully saturated rings. The van der Waals surface area contributed by atoms with Crippen LogP contribution in [-0.4, -0.2) is 30.4 Å². The fourth-order valence-electron chi connectivity index (χ4n) is 4.96. The van der Waals surface area contributed by atoms with Crippen molar-refractivity contribution in [2.45, 2.75) is 135 Å². The van der Waals surface area contributed by atoms with Crippen molar-refractivity contribution in [1.82, 2.24) is 10.3 Å². The molecule has 0 spiro atoms. The molecule has 1 aliphatic heterocycles. The molecule has 1 saturated heterocycles. The second-order valence-electron chi connectivity index (χ2n) is 10.4. The maximum Gasteiger partial charge on any atom is 0.407 e. The number of unbranched alkanes of at least 4 members (excludes halogenated alkanes) is 15. The van der Waals surface area contributed by atoms with E-state index in [-0.39, 0.29) is 6.10 Å². The zero-order chi connectivity index (χ0) is 24.8. The van der Waals surface area contributed by atoms with E-state index in [4.69, 9.17) is 9.47 Å². The summed E-state index contributed by atoms with van der Waals surface area (Å²) in [4.78, 5) is 16.1. The van der Waals surface area contributed by atoms with Crippen molar-refractivity contribution in [3.8, 4) is 0 Å². The van der Waals surface area contributed by atoms with Crippen molar-refractivity contribution >= 4 is 6.09 Å².